The summed E-state index contributed by atoms with van der Waals surface area (Å²) in [6, 6.07) is 18.6. The summed E-state index contributed by atoms with van der Waals surface area (Å²) in [5.74, 6) is -0.749. The zero-order valence-corrected chi connectivity index (χ0v) is 20.6. The van der Waals surface area contributed by atoms with E-state index in [1.165, 1.54) is 17.0 Å². The molecule has 36 heavy (non-hydrogen) atoms. The number of aliphatic imine (C=N–C) groups is 1. The molecule has 186 valence electrons. The number of hydrogen-bond donors (Lipinski definition) is 1. The van der Waals surface area contributed by atoms with Crippen molar-refractivity contribution in [2.45, 2.75) is 31.3 Å². The third-order valence-corrected chi connectivity index (χ3v) is 6.81. The molecule has 1 aliphatic heterocycles. The lowest BCUT2D eigenvalue weighted by molar-refractivity contribution is -0.137. The molecule has 1 aliphatic rings. The van der Waals surface area contributed by atoms with Crippen LogP contribution in [0.1, 0.15) is 23.1 Å². The largest absolute Gasteiger partial charge is 0.416 e. The minimum absolute atomic E-state index is 0.0287. The lowest BCUT2D eigenvalue weighted by atomic mass is 10.2. The summed E-state index contributed by atoms with van der Waals surface area (Å²) in [7, 11) is 0. The number of carbonyl (C=O) groups excluding carboxylic acids is 2. The van der Waals surface area contributed by atoms with Crippen LogP contribution < -0.4 is 5.32 Å². The minimum Gasteiger partial charge on any atom is -0.325 e. The van der Waals surface area contributed by atoms with Crippen LogP contribution in [0.4, 0.5) is 24.5 Å². The van der Waals surface area contributed by atoms with Gasteiger partial charge >= 0.3 is 6.18 Å². The van der Waals surface area contributed by atoms with Crippen LogP contribution in [0, 0.1) is 6.92 Å². The average Bonchev–Trinajstić information content (AvgIpc) is 2.82. The predicted molar refractivity (Wildman–Crippen MR) is 136 cm³/mol. The van der Waals surface area contributed by atoms with E-state index >= 15 is 0 Å². The number of amides is 2. The topological polar surface area (TPSA) is 61.8 Å². The monoisotopic (exact) mass is 531 g/mol. The second-order valence-electron chi connectivity index (χ2n) is 8.22. The maximum absolute atomic E-state index is 13.2. The number of halogens is 4. The quantitative estimate of drug-likeness (QED) is 0.392. The molecular formula is C26H21ClF3N3O2S. The highest BCUT2D eigenvalue weighted by Gasteiger charge is 2.36. The Morgan fingerprint density at radius 3 is 2.53 bits per heavy atom. The van der Waals surface area contributed by atoms with Gasteiger partial charge in [0.2, 0.25) is 11.8 Å². The van der Waals surface area contributed by atoms with Crippen molar-refractivity contribution in [1.82, 2.24) is 4.90 Å². The van der Waals surface area contributed by atoms with Crippen molar-refractivity contribution >= 4 is 51.7 Å². The van der Waals surface area contributed by atoms with E-state index in [4.69, 9.17) is 11.6 Å². The highest BCUT2D eigenvalue weighted by molar-refractivity contribution is 8.15. The zero-order chi connectivity index (χ0) is 25.9. The fourth-order valence-corrected chi connectivity index (χ4v) is 4.80. The third kappa shape index (κ3) is 6.47. The molecule has 0 aliphatic carbocycles. The Labute approximate surface area is 215 Å². The third-order valence-electron chi connectivity index (χ3n) is 5.37. The van der Waals surface area contributed by atoms with Gasteiger partial charge in [0.05, 0.1) is 17.8 Å². The molecule has 0 spiro atoms. The molecule has 0 bridgehead atoms. The van der Waals surface area contributed by atoms with Crippen LogP contribution in [0.25, 0.3) is 0 Å². The van der Waals surface area contributed by atoms with Gasteiger partial charge < -0.3 is 5.32 Å². The lowest BCUT2D eigenvalue weighted by Crippen LogP contribution is -2.44. The molecule has 10 heteroatoms. The molecule has 4 rings (SSSR count). The van der Waals surface area contributed by atoms with Crippen LogP contribution in [0.5, 0.6) is 0 Å². The standard InChI is InChI=1S/C26H21ClF3N3O2S/c1-16-4-2-6-20(12-16)31-24(35)22-14-23(34)33(15-17-8-10-19(27)11-9-17)25(36-22)32-21-7-3-5-18(13-21)26(28,29)30/h2-13,22H,14-15H2,1H3,(H,31,35). The van der Waals surface area contributed by atoms with E-state index < -0.39 is 17.0 Å². The van der Waals surface area contributed by atoms with E-state index in [0.717, 1.165) is 35.0 Å². The van der Waals surface area contributed by atoms with E-state index in [1.54, 1.807) is 42.5 Å². The van der Waals surface area contributed by atoms with Crippen molar-refractivity contribution < 1.29 is 22.8 Å². The van der Waals surface area contributed by atoms with Crippen LogP contribution in [-0.2, 0) is 22.3 Å². The first kappa shape index (κ1) is 25.8. The summed E-state index contributed by atoms with van der Waals surface area (Å²) >= 11 is 7.00. The van der Waals surface area contributed by atoms with Gasteiger partial charge in [-0.15, -0.1) is 0 Å². The molecule has 1 heterocycles. The first-order valence-electron chi connectivity index (χ1n) is 10.9. The van der Waals surface area contributed by atoms with Crippen LogP contribution in [0.15, 0.2) is 77.8 Å². The van der Waals surface area contributed by atoms with Gasteiger partial charge in [-0.2, -0.15) is 13.2 Å². The molecule has 2 amide bonds. The Kier molecular flexibility index (Phi) is 7.70. The van der Waals surface area contributed by atoms with Gasteiger partial charge in [-0.05, 0) is 60.5 Å². The van der Waals surface area contributed by atoms with Gasteiger partial charge in [0.1, 0.15) is 5.25 Å². The Bertz CT molecular complexity index is 1310. The maximum atomic E-state index is 13.2. The van der Waals surface area contributed by atoms with Crippen molar-refractivity contribution in [3.8, 4) is 0 Å². The molecule has 1 fully saturated rings. The van der Waals surface area contributed by atoms with Gasteiger partial charge in [0.15, 0.2) is 5.17 Å². The van der Waals surface area contributed by atoms with Crippen molar-refractivity contribution in [3.05, 3.63) is 94.5 Å². The molecule has 1 N–H and O–H groups in total. The Morgan fingerprint density at radius 1 is 1.11 bits per heavy atom. The summed E-state index contributed by atoms with van der Waals surface area (Å²) in [4.78, 5) is 31.9. The molecule has 1 unspecified atom stereocenters. The number of nitrogens with one attached hydrogen (secondary N) is 1. The second kappa shape index (κ2) is 10.8. The summed E-state index contributed by atoms with van der Waals surface area (Å²) in [5, 5.41) is 2.68. The van der Waals surface area contributed by atoms with E-state index in [2.05, 4.69) is 10.3 Å². The van der Waals surface area contributed by atoms with Gasteiger partial charge in [-0.25, -0.2) is 4.99 Å². The van der Waals surface area contributed by atoms with Crippen LogP contribution in [0.2, 0.25) is 5.02 Å². The summed E-state index contributed by atoms with van der Waals surface area (Å²) in [5.41, 5.74) is 1.48. The summed E-state index contributed by atoms with van der Waals surface area (Å²) in [6.45, 7) is 2.02. The number of alkyl halides is 3. The van der Waals surface area contributed by atoms with E-state index in [-0.39, 0.29) is 35.6 Å². The van der Waals surface area contributed by atoms with E-state index in [0.29, 0.717) is 10.7 Å². The number of anilines is 1. The van der Waals surface area contributed by atoms with Crippen LogP contribution in [-0.4, -0.2) is 27.1 Å². The molecule has 1 saturated heterocycles. The highest BCUT2D eigenvalue weighted by Crippen LogP contribution is 2.34. The average molecular weight is 532 g/mol. The first-order valence-corrected chi connectivity index (χ1v) is 12.2. The Balaban J connectivity index is 1.64. The molecule has 0 aromatic heterocycles. The number of amidine groups is 1. The highest BCUT2D eigenvalue weighted by atomic mass is 35.5. The molecule has 3 aromatic rings. The SMILES string of the molecule is Cc1cccc(NC(=O)C2CC(=O)N(Cc3ccc(Cl)cc3)C(=Nc3cccc(C(F)(F)F)c3)S2)c1. The fourth-order valence-electron chi connectivity index (χ4n) is 3.58. The maximum Gasteiger partial charge on any atom is 0.416 e. The lowest BCUT2D eigenvalue weighted by Gasteiger charge is -2.32. The number of carbonyl (C=O) groups is 2. The van der Waals surface area contributed by atoms with Crippen LogP contribution in [0.3, 0.4) is 0 Å². The van der Waals surface area contributed by atoms with Gasteiger partial charge in [-0.3, -0.25) is 14.5 Å². The minimum atomic E-state index is -4.54. The van der Waals surface area contributed by atoms with E-state index in [9.17, 15) is 22.8 Å². The number of nitrogens with zero attached hydrogens (tertiary/aromatic N) is 2. The Morgan fingerprint density at radius 2 is 1.83 bits per heavy atom. The van der Waals surface area contributed by atoms with Crippen molar-refractivity contribution in [2.24, 2.45) is 4.99 Å². The van der Waals surface area contributed by atoms with Crippen molar-refractivity contribution in [1.29, 1.82) is 0 Å². The van der Waals surface area contributed by atoms with Crippen molar-refractivity contribution in [3.63, 3.8) is 0 Å². The summed E-state index contributed by atoms with van der Waals surface area (Å²) in [6.07, 6.45) is -4.62. The molecule has 0 radical (unpaired) electrons. The first-order chi connectivity index (χ1) is 17.1. The van der Waals surface area contributed by atoms with E-state index in [1.807, 2.05) is 13.0 Å². The zero-order valence-electron chi connectivity index (χ0n) is 19.1. The number of benzene rings is 3. The van der Waals surface area contributed by atoms with Crippen molar-refractivity contribution in [2.75, 3.05) is 5.32 Å². The number of thioether (sulfide) groups is 1. The van der Waals surface area contributed by atoms with Gasteiger partial charge in [0.25, 0.3) is 0 Å². The van der Waals surface area contributed by atoms with Crippen LogP contribution >= 0.6 is 23.4 Å². The molecular weight excluding hydrogens is 511 g/mol. The molecule has 0 saturated carbocycles. The number of hydrogen-bond acceptors (Lipinski definition) is 4. The smallest absolute Gasteiger partial charge is 0.325 e. The van der Waals surface area contributed by atoms with Gasteiger partial charge in [0, 0.05) is 17.1 Å². The second-order valence-corrected chi connectivity index (χ2v) is 9.82. The predicted octanol–water partition coefficient (Wildman–Crippen LogP) is 6.83. The molecule has 3 aromatic carbocycles. The normalized spacial score (nSPS) is 17.4. The van der Waals surface area contributed by atoms with Gasteiger partial charge in [-0.1, -0.05) is 53.7 Å². The fraction of sp³-hybridized carbons (Fsp3) is 0.192. The molecule has 1 atom stereocenters. The Hall–Kier alpha value is -3.30. The summed E-state index contributed by atoms with van der Waals surface area (Å²) < 4.78 is 39.7. The number of rotatable bonds is 5. The molecule has 5 nitrogen and oxygen atoms in total. The number of aryl methyl sites for hydroxylation is 1.